The topological polar surface area (TPSA) is 47.0 Å². The van der Waals surface area contributed by atoms with Gasteiger partial charge in [0.1, 0.15) is 11.6 Å². The van der Waals surface area contributed by atoms with E-state index < -0.39 is 0 Å². The van der Waals surface area contributed by atoms with Gasteiger partial charge in [-0.3, -0.25) is 0 Å². The fourth-order valence-corrected chi connectivity index (χ4v) is 2.07. The number of aromatic nitrogens is 2. The molecular weight excluding hydrogens is 274 g/mol. The van der Waals surface area contributed by atoms with Gasteiger partial charge in [0.2, 0.25) is 5.88 Å². The second-order valence-corrected chi connectivity index (χ2v) is 4.84. The summed E-state index contributed by atoms with van der Waals surface area (Å²) in [6.45, 7) is 1.84. The molecule has 0 unspecified atom stereocenters. The third kappa shape index (κ3) is 4.10. The Bertz CT molecular complexity index is 575. The molecule has 1 N–H and O–H groups in total. The highest BCUT2D eigenvalue weighted by Crippen LogP contribution is 2.19. The summed E-state index contributed by atoms with van der Waals surface area (Å²) in [7, 11) is 1.60. The number of rotatable bonds is 6. The van der Waals surface area contributed by atoms with Crippen molar-refractivity contribution >= 4 is 23.1 Å². The maximum atomic E-state index is 5.73. The molecule has 1 aromatic carbocycles. The van der Waals surface area contributed by atoms with Crippen molar-refractivity contribution in [3.63, 3.8) is 0 Å². The van der Waals surface area contributed by atoms with E-state index in [4.69, 9.17) is 16.3 Å². The maximum absolute atomic E-state index is 5.73. The summed E-state index contributed by atoms with van der Waals surface area (Å²) in [5, 5.41) is 3.27. The van der Waals surface area contributed by atoms with Crippen LogP contribution >= 0.6 is 11.6 Å². The van der Waals surface area contributed by atoms with Crippen LogP contribution in [0, 0.1) is 6.92 Å². The number of benzene rings is 1. The van der Waals surface area contributed by atoms with E-state index >= 15 is 0 Å². The van der Waals surface area contributed by atoms with Gasteiger partial charge >= 0.3 is 0 Å². The Kier molecular flexibility index (Phi) is 5.18. The van der Waals surface area contributed by atoms with Crippen molar-refractivity contribution in [1.82, 2.24) is 9.97 Å². The minimum Gasteiger partial charge on any atom is -0.481 e. The van der Waals surface area contributed by atoms with Crippen molar-refractivity contribution in [3.8, 4) is 5.88 Å². The molecule has 0 atom stereocenters. The van der Waals surface area contributed by atoms with Crippen molar-refractivity contribution in [2.75, 3.05) is 18.3 Å². The number of aryl methyl sites for hydroxylation is 2. The van der Waals surface area contributed by atoms with Gasteiger partial charge in [0.25, 0.3) is 0 Å². The zero-order valence-electron chi connectivity index (χ0n) is 11.7. The number of anilines is 2. The standard InChI is InChI=1S/C15H18ClN3O/c1-11-17-14(10-15(18-11)20-2)19-13-7-3-5-12(9-13)6-4-8-16/h3,5,7,9-10H,4,6,8H2,1-2H3,(H,17,18,19). The Morgan fingerprint density at radius 3 is 2.85 bits per heavy atom. The van der Waals surface area contributed by atoms with E-state index in [1.54, 1.807) is 13.2 Å². The number of nitrogens with one attached hydrogen (secondary N) is 1. The molecule has 2 aromatic rings. The van der Waals surface area contributed by atoms with E-state index in [0.717, 1.165) is 24.3 Å². The molecule has 0 fully saturated rings. The van der Waals surface area contributed by atoms with E-state index in [9.17, 15) is 0 Å². The molecule has 0 bridgehead atoms. The fraction of sp³-hybridized carbons (Fsp3) is 0.333. The lowest BCUT2D eigenvalue weighted by molar-refractivity contribution is 0.396. The molecule has 0 aliphatic carbocycles. The molecule has 5 heteroatoms. The molecule has 2 rings (SSSR count). The first kappa shape index (κ1) is 14.6. The van der Waals surface area contributed by atoms with Crippen LogP contribution in [0.2, 0.25) is 0 Å². The SMILES string of the molecule is COc1cc(Nc2cccc(CCCCl)c2)nc(C)n1. The molecule has 1 heterocycles. The summed E-state index contributed by atoms with van der Waals surface area (Å²) >= 11 is 5.73. The summed E-state index contributed by atoms with van der Waals surface area (Å²) in [5.74, 6) is 2.63. The lowest BCUT2D eigenvalue weighted by Crippen LogP contribution is -1.99. The third-order valence-corrected chi connectivity index (χ3v) is 3.09. The molecule has 106 valence electrons. The number of methoxy groups -OCH3 is 1. The summed E-state index contributed by atoms with van der Waals surface area (Å²) < 4.78 is 5.14. The fourth-order valence-electron chi connectivity index (χ4n) is 1.93. The molecular formula is C15H18ClN3O. The van der Waals surface area contributed by atoms with Crippen LogP contribution in [0.15, 0.2) is 30.3 Å². The molecule has 1 aromatic heterocycles. The van der Waals surface area contributed by atoms with Gasteiger partial charge in [-0.15, -0.1) is 11.6 Å². The minimum atomic E-state index is 0.554. The third-order valence-electron chi connectivity index (χ3n) is 2.82. The zero-order chi connectivity index (χ0) is 14.4. The average molecular weight is 292 g/mol. The van der Waals surface area contributed by atoms with Crippen molar-refractivity contribution < 1.29 is 4.74 Å². The highest BCUT2D eigenvalue weighted by molar-refractivity contribution is 6.17. The van der Waals surface area contributed by atoms with Gasteiger partial charge in [0, 0.05) is 17.6 Å². The Morgan fingerprint density at radius 2 is 2.10 bits per heavy atom. The van der Waals surface area contributed by atoms with E-state index in [0.29, 0.717) is 17.6 Å². The quantitative estimate of drug-likeness (QED) is 0.824. The number of alkyl halides is 1. The van der Waals surface area contributed by atoms with Gasteiger partial charge in [-0.05, 0) is 37.5 Å². The van der Waals surface area contributed by atoms with Crippen molar-refractivity contribution in [2.24, 2.45) is 0 Å². The number of ether oxygens (including phenoxy) is 1. The first-order valence-electron chi connectivity index (χ1n) is 6.53. The number of hydrogen-bond acceptors (Lipinski definition) is 4. The van der Waals surface area contributed by atoms with Crippen LogP contribution in [0.4, 0.5) is 11.5 Å². The van der Waals surface area contributed by atoms with Gasteiger partial charge in [0.05, 0.1) is 7.11 Å². The summed E-state index contributed by atoms with van der Waals surface area (Å²) in [6, 6.07) is 10.0. The number of nitrogens with zero attached hydrogens (tertiary/aromatic N) is 2. The molecule has 0 aliphatic heterocycles. The van der Waals surface area contributed by atoms with Gasteiger partial charge < -0.3 is 10.1 Å². The van der Waals surface area contributed by atoms with Crippen LogP contribution < -0.4 is 10.1 Å². The summed E-state index contributed by atoms with van der Waals surface area (Å²) in [4.78, 5) is 8.51. The monoisotopic (exact) mass is 291 g/mol. The van der Waals surface area contributed by atoms with E-state index in [1.807, 2.05) is 19.1 Å². The van der Waals surface area contributed by atoms with Crippen molar-refractivity contribution in [3.05, 3.63) is 41.7 Å². The van der Waals surface area contributed by atoms with Crippen LogP contribution in [0.1, 0.15) is 17.8 Å². The van der Waals surface area contributed by atoms with Crippen LogP contribution in [-0.2, 0) is 6.42 Å². The van der Waals surface area contributed by atoms with Crippen LogP contribution in [0.25, 0.3) is 0 Å². The van der Waals surface area contributed by atoms with Crippen molar-refractivity contribution in [1.29, 1.82) is 0 Å². The van der Waals surface area contributed by atoms with Gasteiger partial charge in [0.15, 0.2) is 0 Å². The predicted molar refractivity (Wildman–Crippen MR) is 82.1 cm³/mol. The molecule has 0 saturated heterocycles. The second-order valence-electron chi connectivity index (χ2n) is 4.46. The first-order valence-corrected chi connectivity index (χ1v) is 7.06. The zero-order valence-corrected chi connectivity index (χ0v) is 12.4. The van der Waals surface area contributed by atoms with Gasteiger partial charge in [-0.1, -0.05) is 12.1 Å². The summed E-state index contributed by atoms with van der Waals surface area (Å²) in [5.41, 5.74) is 2.26. The second kappa shape index (κ2) is 7.10. The van der Waals surface area contributed by atoms with E-state index in [1.165, 1.54) is 5.56 Å². The maximum Gasteiger partial charge on any atom is 0.218 e. The Hall–Kier alpha value is -1.81. The summed E-state index contributed by atoms with van der Waals surface area (Å²) in [6.07, 6.45) is 1.95. The average Bonchev–Trinajstić information content (AvgIpc) is 2.45. The minimum absolute atomic E-state index is 0.554. The normalized spacial score (nSPS) is 10.3. The Balaban J connectivity index is 2.15. The molecule has 20 heavy (non-hydrogen) atoms. The first-order chi connectivity index (χ1) is 9.71. The van der Waals surface area contributed by atoms with Crippen molar-refractivity contribution in [2.45, 2.75) is 19.8 Å². The Morgan fingerprint density at radius 1 is 1.25 bits per heavy atom. The highest BCUT2D eigenvalue weighted by Gasteiger charge is 2.03. The van der Waals surface area contributed by atoms with E-state index in [2.05, 4.69) is 27.4 Å². The van der Waals surface area contributed by atoms with Gasteiger partial charge in [-0.25, -0.2) is 4.98 Å². The lowest BCUT2D eigenvalue weighted by Gasteiger charge is -2.09. The Labute approximate surface area is 124 Å². The smallest absolute Gasteiger partial charge is 0.218 e. The van der Waals surface area contributed by atoms with E-state index in [-0.39, 0.29) is 0 Å². The number of halogens is 1. The molecule has 0 saturated carbocycles. The molecule has 4 nitrogen and oxygen atoms in total. The highest BCUT2D eigenvalue weighted by atomic mass is 35.5. The van der Waals surface area contributed by atoms with Crippen LogP contribution in [-0.4, -0.2) is 23.0 Å². The predicted octanol–water partition coefficient (Wildman–Crippen LogP) is 3.71. The largest absolute Gasteiger partial charge is 0.481 e. The lowest BCUT2D eigenvalue weighted by atomic mass is 10.1. The number of hydrogen-bond donors (Lipinski definition) is 1. The molecule has 0 aliphatic rings. The molecule has 0 radical (unpaired) electrons. The molecule has 0 spiro atoms. The van der Waals surface area contributed by atoms with Gasteiger partial charge in [-0.2, -0.15) is 4.98 Å². The molecule has 0 amide bonds. The van der Waals surface area contributed by atoms with Crippen LogP contribution in [0.3, 0.4) is 0 Å². The van der Waals surface area contributed by atoms with Crippen LogP contribution in [0.5, 0.6) is 5.88 Å².